The number of hydrogen-bond donors (Lipinski definition) is 0. The minimum Gasteiger partial charge on any atom is -0.487 e. The molecule has 0 unspecified atom stereocenters. The molecule has 4 heteroatoms. The third kappa shape index (κ3) is 3.40. The molecule has 0 amide bonds. The zero-order valence-electron chi connectivity index (χ0n) is 8.80. The van der Waals surface area contributed by atoms with Crippen LogP contribution in [-0.4, -0.2) is 10.8 Å². The summed E-state index contributed by atoms with van der Waals surface area (Å²) in [6.45, 7) is 5.70. The van der Waals surface area contributed by atoms with E-state index in [1.165, 1.54) is 0 Å². The van der Waals surface area contributed by atoms with E-state index in [0.717, 1.165) is 0 Å². The van der Waals surface area contributed by atoms with Crippen molar-refractivity contribution in [1.82, 2.24) is 0 Å². The third-order valence-corrected chi connectivity index (χ3v) is 2.18. The summed E-state index contributed by atoms with van der Waals surface area (Å²) in [5.74, 6) is 0.468. The van der Waals surface area contributed by atoms with Gasteiger partial charge in [0.1, 0.15) is 11.4 Å². The van der Waals surface area contributed by atoms with Crippen molar-refractivity contribution in [2.24, 2.45) is 0 Å². The Balaban J connectivity index is 3.10. The Morgan fingerprint density at radius 2 is 1.93 bits per heavy atom. The Hall–Kier alpha value is -0.730. The molecule has 1 rings (SSSR count). The van der Waals surface area contributed by atoms with Gasteiger partial charge in [0, 0.05) is 0 Å². The van der Waals surface area contributed by atoms with Gasteiger partial charge >= 0.3 is 0 Å². The molecule has 2 nitrogen and oxygen atoms in total. The molecule has 0 aliphatic rings. The van der Waals surface area contributed by atoms with E-state index in [9.17, 15) is 4.79 Å². The summed E-state index contributed by atoms with van der Waals surface area (Å²) in [7, 11) is 0. The molecular formula is C11H12Cl2O2. The zero-order valence-corrected chi connectivity index (χ0v) is 10.3. The monoisotopic (exact) mass is 246 g/mol. The Bertz CT molecular complexity index is 381. The summed E-state index contributed by atoms with van der Waals surface area (Å²) in [6, 6.07) is 4.95. The van der Waals surface area contributed by atoms with Crippen LogP contribution in [0.25, 0.3) is 0 Å². The average Bonchev–Trinajstić information content (AvgIpc) is 2.05. The first kappa shape index (κ1) is 12.3. The SMILES string of the molecule is CC(C)(C)Oc1cccc(C(=O)Cl)c1Cl. The molecule has 0 heterocycles. The highest BCUT2D eigenvalue weighted by Crippen LogP contribution is 2.31. The molecule has 0 atom stereocenters. The van der Waals surface area contributed by atoms with Crippen LogP contribution in [0.4, 0.5) is 0 Å². The lowest BCUT2D eigenvalue weighted by molar-refractivity contribution is 0.107. The lowest BCUT2D eigenvalue weighted by Crippen LogP contribution is -2.23. The summed E-state index contributed by atoms with van der Waals surface area (Å²) < 4.78 is 5.58. The van der Waals surface area contributed by atoms with Gasteiger partial charge in [0.25, 0.3) is 5.24 Å². The minimum absolute atomic E-state index is 0.257. The van der Waals surface area contributed by atoms with E-state index >= 15 is 0 Å². The van der Waals surface area contributed by atoms with Crippen LogP contribution in [0, 0.1) is 0 Å². The first-order chi connectivity index (χ1) is 6.81. The summed E-state index contributed by atoms with van der Waals surface area (Å²) in [5.41, 5.74) is -0.0995. The van der Waals surface area contributed by atoms with Crippen LogP contribution in [0.5, 0.6) is 5.75 Å². The van der Waals surface area contributed by atoms with Gasteiger partial charge in [-0.05, 0) is 44.5 Å². The molecule has 0 fully saturated rings. The number of benzene rings is 1. The van der Waals surface area contributed by atoms with E-state index in [-0.39, 0.29) is 16.2 Å². The highest BCUT2D eigenvalue weighted by atomic mass is 35.5. The first-order valence-electron chi connectivity index (χ1n) is 4.48. The summed E-state index contributed by atoms with van der Waals surface area (Å²) >= 11 is 11.4. The fourth-order valence-corrected chi connectivity index (χ4v) is 1.53. The largest absolute Gasteiger partial charge is 0.487 e. The van der Waals surface area contributed by atoms with Crippen LogP contribution in [0.2, 0.25) is 5.02 Å². The second kappa shape index (κ2) is 4.42. The molecular weight excluding hydrogens is 235 g/mol. The Morgan fingerprint density at radius 3 is 2.40 bits per heavy atom. The lowest BCUT2D eigenvalue weighted by Gasteiger charge is -2.22. The highest BCUT2D eigenvalue weighted by molar-refractivity contribution is 6.68. The quantitative estimate of drug-likeness (QED) is 0.741. The van der Waals surface area contributed by atoms with Gasteiger partial charge in [0.15, 0.2) is 0 Å². The Kier molecular flexibility index (Phi) is 3.63. The lowest BCUT2D eigenvalue weighted by atomic mass is 10.1. The van der Waals surface area contributed by atoms with E-state index in [0.29, 0.717) is 5.75 Å². The summed E-state index contributed by atoms with van der Waals surface area (Å²) in [4.78, 5) is 11.0. The standard InChI is InChI=1S/C11H12Cl2O2/c1-11(2,3)15-8-6-4-5-7(9(8)12)10(13)14/h4-6H,1-3H3. The van der Waals surface area contributed by atoms with Crippen LogP contribution in [0.15, 0.2) is 18.2 Å². The van der Waals surface area contributed by atoms with Gasteiger partial charge in [-0.25, -0.2) is 0 Å². The normalized spacial score (nSPS) is 11.3. The molecule has 0 saturated carbocycles. The number of carbonyl (C=O) groups excluding carboxylic acids is 1. The van der Waals surface area contributed by atoms with Gasteiger partial charge in [-0.1, -0.05) is 17.7 Å². The fraction of sp³-hybridized carbons (Fsp3) is 0.364. The van der Waals surface area contributed by atoms with Crippen molar-refractivity contribution in [1.29, 1.82) is 0 Å². The van der Waals surface area contributed by atoms with Crippen molar-refractivity contribution < 1.29 is 9.53 Å². The minimum atomic E-state index is -0.584. The number of hydrogen-bond acceptors (Lipinski definition) is 2. The molecule has 82 valence electrons. The van der Waals surface area contributed by atoms with Gasteiger partial charge in [0.05, 0.1) is 10.6 Å². The van der Waals surface area contributed by atoms with Crippen molar-refractivity contribution >= 4 is 28.4 Å². The van der Waals surface area contributed by atoms with Crippen molar-refractivity contribution in [3.63, 3.8) is 0 Å². The number of rotatable bonds is 2. The molecule has 1 aromatic rings. The molecule has 0 spiro atoms. The summed E-state index contributed by atoms with van der Waals surface area (Å²) in [6.07, 6.45) is 0. The van der Waals surface area contributed by atoms with E-state index in [2.05, 4.69) is 0 Å². The number of halogens is 2. The van der Waals surface area contributed by atoms with Crippen molar-refractivity contribution in [3.8, 4) is 5.75 Å². The van der Waals surface area contributed by atoms with E-state index < -0.39 is 5.24 Å². The molecule has 1 aromatic carbocycles. The molecule has 0 bridgehead atoms. The van der Waals surface area contributed by atoms with Gasteiger partial charge in [-0.2, -0.15) is 0 Å². The Morgan fingerprint density at radius 1 is 1.33 bits per heavy atom. The van der Waals surface area contributed by atoms with Gasteiger partial charge < -0.3 is 4.74 Å². The van der Waals surface area contributed by atoms with E-state index in [1.54, 1.807) is 18.2 Å². The van der Waals surface area contributed by atoms with Gasteiger partial charge in [-0.15, -0.1) is 0 Å². The molecule has 0 radical (unpaired) electrons. The second-order valence-electron chi connectivity index (χ2n) is 4.11. The second-order valence-corrected chi connectivity index (χ2v) is 4.83. The van der Waals surface area contributed by atoms with Gasteiger partial charge in [-0.3, -0.25) is 4.79 Å². The highest BCUT2D eigenvalue weighted by Gasteiger charge is 2.17. The zero-order chi connectivity index (χ0) is 11.6. The maximum atomic E-state index is 11.0. The average molecular weight is 247 g/mol. The predicted octanol–water partition coefficient (Wildman–Crippen LogP) is 3.90. The Labute approximate surface area is 99.1 Å². The molecule has 15 heavy (non-hydrogen) atoms. The first-order valence-corrected chi connectivity index (χ1v) is 5.24. The van der Waals surface area contributed by atoms with Crippen LogP contribution >= 0.6 is 23.2 Å². The van der Waals surface area contributed by atoms with Crippen molar-refractivity contribution in [3.05, 3.63) is 28.8 Å². The molecule has 0 saturated heterocycles. The van der Waals surface area contributed by atoms with Crippen LogP contribution < -0.4 is 4.74 Å². The smallest absolute Gasteiger partial charge is 0.254 e. The number of ether oxygens (including phenoxy) is 1. The van der Waals surface area contributed by atoms with Crippen LogP contribution in [0.1, 0.15) is 31.1 Å². The van der Waals surface area contributed by atoms with E-state index in [1.807, 2.05) is 20.8 Å². The van der Waals surface area contributed by atoms with Crippen molar-refractivity contribution in [2.45, 2.75) is 26.4 Å². The van der Waals surface area contributed by atoms with Gasteiger partial charge in [0.2, 0.25) is 0 Å². The maximum Gasteiger partial charge on any atom is 0.254 e. The fourth-order valence-electron chi connectivity index (χ4n) is 1.07. The predicted molar refractivity (Wildman–Crippen MR) is 62.0 cm³/mol. The van der Waals surface area contributed by atoms with E-state index in [4.69, 9.17) is 27.9 Å². The summed E-state index contributed by atoms with van der Waals surface area (Å²) in [5, 5.41) is -0.327. The molecule has 0 N–H and O–H groups in total. The number of carbonyl (C=O) groups is 1. The topological polar surface area (TPSA) is 26.3 Å². The third-order valence-electron chi connectivity index (χ3n) is 1.59. The molecule has 0 aliphatic carbocycles. The molecule has 0 aromatic heterocycles. The van der Waals surface area contributed by atoms with Crippen LogP contribution in [-0.2, 0) is 0 Å². The maximum absolute atomic E-state index is 11.0. The molecule has 0 aliphatic heterocycles. The van der Waals surface area contributed by atoms with Crippen LogP contribution in [0.3, 0.4) is 0 Å². The van der Waals surface area contributed by atoms with Crippen molar-refractivity contribution in [2.75, 3.05) is 0 Å².